The van der Waals surface area contributed by atoms with Crippen LogP contribution in [0.4, 0.5) is 0 Å². The van der Waals surface area contributed by atoms with Crippen molar-refractivity contribution in [2.45, 2.75) is 32.2 Å². The van der Waals surface area contributed by atoms with Crippen molar-refractivity contribution in [3.05, 3.63) is 53.4 Å². The van der Waals surface area contributed by atoms with Crippen LogP contribution in [0.25, 0.3) is 0 Å². The van der Waals surface area contributed by atoms with Gasteiger partial charge in [-0.1, -0.05) is 42.4 Å². The summed E-state index contributed by atoms with van der Waals surface area (Å²) in [6, 6.07) is 9.22. The number of carbonyl (C=O) groups is 2. The Labute approximate surface area is 140 Å². The SMILES string of the molecule is CCc1nocc1C(=O)N1CCCNC(=O)C1Cc1ccccc1. The first-order chi connectivity index (χ1) is 11.7. The van der Waals surface area contributed by atoms with Gasteiger partial charge in [-0.3, -0.25) is 9.59 Å². The Hall–Kier alpha value is -2.63. The molecule has 2 heterocycles. The molecule has 6 nitrogen and oxygen atoms in total. The van der Waals surface area contributed by atoms with Gasteiger partial charge in [-0.25, -0.2) is 0 Å². The molecule has 1 aliphatic heterocycles. The Morgan fingerprint density at radius 3 is 2.92 bits per heavy atom. The lowest BCUT2D eigenvalue weighted by molar-refractivity contribution is -0.124. The molecule has 126 valence electrons. The highest BCUT2D eigenvalue weighted by molar-refractivity contribution is 5.98. The number of amides is 2. The van der Waals surface area contributed by atoms with Crippen molar-refractivity contribution in [1.82, 2.24) is 15.4 Å². The van der Waals surface area contributed by atoms with Crippen molar-refractivity contribution in [3.8, 4) is 0 Å². The zero-order valence-electron chi connectivity index (χ0n) is 13.7. The van der Waals surface area contributed by atoms with E-state index < -0.39 is 6.04 Å². The molecule has 6 heteroatoms. The van der Waals surface area contributed by atoms with Gasteiger partial charge in [0.25, 0.3) is 5.91 Å². The fourth-order valence-corrected chi connectivity index (χ4v) is 3.00. The predicted molar refractivity (Wildman–Crippen MR) is 88.5 cm³/mol. The maximum atomic E-state index is 13.0. The molecule has 0 spiro atoms. The molecule has 1 fully saturated rings. The highest BCUT2D eigenvalue weighted by Crippen LogP contribution is 2.18. The number of hydrogen-bond acceptors (Lipinski definition) is 4. The Bertz CT molecular complexity index is 711. The summed E-state index contributed by atoms with van der Waals surface area (Å²) in [6.07, 6.45) is 3.21. The number of hydrogen-bond donors (Lipinski definition) is 1. The third-order valence-corrected chi connectivity index (χ3v) is 4.30. The number of nitrogens with zero attached hydrogens (tertiary/aromatic N) is 2. The van der Waals surface area contributed by atoms with Crippen molar-refractivity contribution >= 4 is 11.8 Å². The van der Waals surface area contributed by atoms with Crippen LogP contribution in [-0.2, 0) is 17.6 Å². The second-order valence-corrected chi connectivity index (χ2v) is 5.88. The van der Waals surface area contributed by atoms with Gasteiger partial charge in [-0.2, -0.15) is 0 Å². The summed E-state index contributed by atoms with van der Waals surface area (Å²) in [5, 5.41) is 6.78. The number of rotatable bonds is 4. The van der Waals surface area contributed by atoms with Crippen LogP contribution in [0.5, 0.6) is 0 Å². The second kappa shape index (κ2) is 7.29. The molecule has 0 radical (unpaired) electrons. The topological polar surface area (TPSA) is 75.4 Å². The number of carbonyl (C=O) groups excluding carboxylic acids is 2. The molecule has 1 aromatic carbocycles. The third-order valence-electron chi connectivity index (χ3n) is 4.30. The first kappa shape index (κ1) is 16.2. The van der Waals surface area contributed by atoms with E-state index in [0.717, 1.165) is 12.0 Å². The zero-order valence-corrected chi connectivity index (χ0v) is 13.7. The van der Waals surface area contributed by atoms with Crippen molar-refractivity contribution in [1.29, 1.82) is 0 Å². The van der Waals surface area contributed by atoms with E-state index in [-0.39, 0.29) is 11.8 Å². The molecule has 24 heavy (non-hydrogen) atoms. The highest BCUT2D eigenvalue weighted by atomic mass is 16.5. The number of benzene rings is 1. The summed E-state index contributed by atoms with van der Waals surface area (Å²) < 4.78 is 4.96. The monoisotopic (exact) mass is 327 g/mol. The molecule has 0 aliphatic carbocycles. The van der Waals surface area contributed by atoms with E-state index in [0.29, 0.717) is 37.2 Å². The van der Waals surface area contributed by atoms with E-state index in [1.165, 1.54) is 6.26 Å². The molecule has 1 atom stereocenters. The average molecular weight is 327 g/mol. The summed E-state index contributed by atoms with van der Waals surface area (Å²) in [4.78, 5) is 27.2. The Morgan fingerprint density at radius 2 is 2.17 bits per heavy atom. The number of aromatic nitrogens is 1. The molecule has 2 amide bonds. The molecule has 1 N–H and O–H groups in total. The lowest BCUT2D eigenvalue weighted by atomic mass is 10.0. The lowest BCUT2D eigenvalue weighted by Crippen LogP contribution is -2.48. The summed E-state index contributed by atoms with van der Waals surface area (Å²) in [6.45, 7) is 3.03. The van der Waals surface area contributed by atoms with Crippen LogP contribution in [0.1, 0.15) is 35.0 Å². The van der Waals surface area contributed by atoms with E-state index in [9.17, 15) is 9.59 Å². The maximum Gasteiger partial charge on any atom is 0.259 e. The van der Waals surface area contributed by atoms with E-state index in [4.69, 9.17) is 4.52 Å². The van der Waals surface area contributed by atoms with Crippen LogP contribution in [0, 0.1) is 0 Å². The standard InChI is InChI=1S/C18H21N3O3/c1-2-15-14(12-24-20-15)18(23)21-10-6-9-19-17(22)16(21)11-13-7-4-3-5-8-13/h3-5,7-8,12,16H,2,6,9-11H2,1H3,(H,19,22). The molecule has 1 aromatic heterocycles. The van der Waals surface area contributed by atoms with Crippen molar-refractivity contribution in [2.24, 2.45) is 0 Å². The minimum atomic E-state index is -0.526. The van der Waals surface area contributed by atoms with Crippen molar-refractivity contribution < 1.29 is 14.1 Å². The van der Waals surface area contributed by atoms with Crippen LogP contribution >= 0.6 is 0 Å². The van der Waals surface area contributed by atoms with Gasteiger partial charge < -0.3 is 14.7 Å². The fraction of sp³-hybridized carbons (Fsp3) is 0.389. The lowest BCUT2D eigenvalue weighted by Gasteiger charge is -2.28. The van der Waals surface area contributed by atoms with E-state index >= 15 is 0 Å². The first-order valence-corrected chi connectivity index (χ1v) is 8.26. The van der Waals surface area contributed by atoms with Gasteiger partial charge in [0.1, 0.15) is 17.9 Å². The zero-order chi connectivity index (χ0) is 16.9. The van der Waals surface area contributed by atoms with Crippen molar-refractivity contribution in [2.75, 3.05) is 13.1 Å². The summed E-state index contributed by atoms with van der Waals surface area (Å²) in [5.41, 5.74) is 2.10. The predicted octanol–water partition coefficient (Wildman–Crippen LogP) is 1.81. The molecular formula is C18H21N3O3. The maximum absolute atomic E-state index is 13.0. The largest absolute Gasteiger partial charge is 0.364 e. The Morgan fingerprint density at radius 1 is 1.38 bits per heavy atom. The molecule has 0 bridgehead atoms. The van der Waals surface area contributed by atoms with E-state index in [2.05, 4.69) is 10.5 Å². The molecule has 1 saturated heterocycles. The first-order valence-electron chi connectivity index (χ1n) is 8.26. The van der Waals surface area contributed by atoms with Crippen LogP contribution in [0.15, 0.2) is 41.1 Å². The van der Waals surface area contributed by atoms with Gasteiger partial charge >= 0.3 is 0 Å². The summed E-state index contributed by atoms with van der Waals surface area (Å²) in [5.74, 6) is -0.301. The fourth-order valence-electron chi connectivity index (χ4n) is 3.00. The molecule has 0 saturated carbocycles. The van der Waals surface area contributed by atoms with Gasteiger partial charge in [0.2, 0.25) is 5.91 Å². The molecule has 1 aliphatic rings. The highest BCUT2D eigenvalue weighted by Gasteiger charge is 2.33. The third kappa shape index (κ3) is 3.32. The van der Waals surface area contributed by atoms with Crippen LogP contribution in [0.2, 0.25) is 0 Å². The van der Waals surface area contributed by atoms with Crippen LogP contribution in [-0.4, -0.2) is 41.0 Å². The quantitative estimate of drug-likeness (QED) is 0.929. The van der Waals surface area contributed by atoms with Gasteiger partial charge in [-0.15, -0.1) is 0 Å². The summed E-state index contributed by atoms with van der Waals surface area (Å²) in [7, 11) is 0. The number of aryl methyl sites for hydroxylation is 1. The van der Waals surface area contributed by atoms with E-state index in [1.807, 2.05) is 37.3 Å². The molecule has 3 rings (SSSR count). The van der Waals surface area contributed by atoms with Gasteiger partial charge in [0.05, 0.1) is 5.69 Å². The van der Waals surface area contributed by atoms with Crippen LogP contribution in [0.3, 0.4) is 0 Å². The number of nitrogens with one attached hydrogen (secondary N) is 1. The Kier molecular flexibility index (Phi) is 4.93. The minimum absolute atomic E-state index is 0.112. The smallest absolute Gasteiger partial charge is 0.259 e. The van der Waals surface area contributed by atoms with E-state index in [1.54, 1.807) is 4.90 Å². The average Bonchev–Trinajstić information content (AvgIpc) is 3.02. The molecular weight excluding hydrogens is 306 g/mol. The minimum Gasteiger partial charge on any atom is -0.364 e. The van der Waals surface area contributed by atoms with Gasteiger partial charge in [0, 0.05) is 19.5 Å². The van der Waals surface area contributed by atoms with Crippen molar-refractivity contribution in [3.63, 3.8) is 0 Å². The molecule has 1 unspecified atom stereocenters. The molecule has 2 aromatic rings. The normalized spacial score (nSPS) is 18.1. The van der Waals surface area contributed by atoms with Crippen LogP contribution < -0.4 is 5.32 Å². The van der Waals surface area contributed by atoms with Gasteiger partial charge in [-0.05, 0) is 18.4 Å². The Balaban J connectivity index is 1.89. The second-order valence-electron chi connectivity index (χ2n) is 5.88. The summed E-state index contributed by atoms with van der Waals surface area (Å²) >= 11 is 0. The van der Waals surface area contributed by atoms with Gasteiger partial charge in [0.15, 0.2) is 0 Å².